The predicted molar refractivity (Wildman–Crippen MR) is 128 cm³/mol. The molecule has 0 amide bonds. The maximum absolute atomic E-state index is 5.54. The normalized spacial score (nSPS) is 10.4. The number of ether oxygens (including phenoxy) is 3. The summed E-state index contributed by atoms with van der Waals surface area (Å²) in [7, 11) is 5.01. The van der Waals surface area contributed by atoms with E-state index in [0.717, 1.165) is 22.4 Å². The van der Waals surface area contributed by atoms with E-state index in [2.05, 4.69) is 27.6 Å². The van der Waals surface area contributed by atoms with E-state index in [1.54, 1.807) is 21.3 Å². The van der Waals surface area contributed by atoms with Crippen LogP contribution in [-0.4, -0.2) is 33.8 Å². The lowest BCUT2D eigenvalue weighted by atomic mass is 10.1. The van der Waals surface area contributed by atoms with Gasteiger partial charge in [0.05, 0.1) is 14.2 Å². The van der Waals surface area contributed by atoms with Crippen molar-refractivity contribution in [3.05, 3.63) is 53.1 Å². The Labute approximate surface area is 190 Å². The molecule has 2 aromatic carbocycles. The number of aryl methyl sites for hydroxylation is 1. The summed E-state index contributed by atoms with van der Waals surface area (Å²) in [6, 6.07) is 11.8. The third-order valence-electron chi connectivity index (χ3n) is 4.11. The number of terminal acetylenes is 1. The molecule has 156 valence electrons. The molecule has 0 fully saturated rings. The van der Waals surface area contributed by atoms with E-state index in [-0.39, 0.29) is 30.6 Å². The number of halogens is 1. The molecule has 0 saturated heterocycles. The summed E-state index contributed by atoms with van der Waals surface area (Å²) in [6.45, 7) is 3.40. The maximum atomic E-state index is 5.54. The van der Waals surface area contributed by atoms with Crippen molar-refractivity contribution in [2.24, 2.45) is 4.99 Å². The van der Waals surface area contributed by atoms with Gasteiger partial charge in [0.15, 0.2) is 17.5 Å². The monoisotopic (exact) mass is 509 g/mol. The summed E-state index contributed by atoms with van der Waals surface area (Å²) in [6.07, 6.45) is 5.27. The number of benzene rings is 2. The topological polar surface area (TPSA) is 64.1 Å². The zero-order valence-corrected chi connectivity index (χ0v) is 19.6. The Kier molecular flexibility index (Phi) is 10.8. The van der Waals surface area contributed by atoms with Crippen molar-refractivity contribution in [3.63, 3.8) is 0 Å². The van der Waals surface area contributed by atoms with E-state index < -0.39 is 0 Å². The van der Waals surface area contributed by atoms with E-state index >= 15 is 0 Å². The van der Waals surface area contributed by atoms with E-state index in [0.29, 0.717) is 30.5 Å². The molecule has 0 atom stereocenters. The third kappa shape index (κ3) is 7.38. The summed E-state index contributed by atoms with van der Waals surface area (Å²) < 4.78 is 16.3. The quantitative estimate of drug-likeness (QED) is 0.247. The molecule has 0 aromatic heterocycles. The third-order valence-corrected chi connectivity index (χ3v) is 4.11. The number of guanidine groups is 1. The molecule has 0 radical (unpaired) electrons. The summed E-state index contributed by atoms with van der Waals surface area (Å²) in [4.78, 5) is 4.27. The van der Waals surface area contributed by atoms with Crippen molar-refractivity contribution in [1.29, 1.82) is 0 Å². The summed E-state index contributed by atoms with van der Waals surface area (Å²) >= 11 is 0. The van der Waals surface area contributed by atoms with Gasteiger partial charge in [0.25, 0.3) is 0 Å². The Hall–Kier alpha value is -2.60. The van der Waals surface area contributed by atoms with Crippen LogP contribution in [0.5, 0.6) is 17.2 Å². The highest BCUT2D eigenvalue weighted by molar-refractivity contribution is 14.0. The average Bonchev–Trinajstić information content (AvgIpc) is 2.73. The molecule has 2 rings (SSSR count). The second kappa shape index (κ2) is 12.8. The van der Waals surface area contributed by atoms with Crippen LogP contribution in [0, 0.1) is 19.3 Å². The van der Waals surface area contributed by atoms with Gasteiger partial charge >= 0.3 is 0 Å². The highest BCUT2D eigenvalue weighted by Gasteiger charge is 2.08. The van der Waals surface area contributed by atoms with Crippen LogP contribution >= 0.6 is 24.0 Å². The van der Waals surface area contributed by atoms with Gasteiger partial charge in [0.2, 0.25) is 0 Å². The first-order valence-electron chi connectivity index (χ1n) is 8.92. The molecule has 0 aliphatic carbocycles. The number of methoxy groups -OCH3 is 2. The fraction of sp³-hybridized carbons (Fsp3) is 0.318. The van der Waals surface area contributed by atoms with Gasteiger partial charge in [-0.3, -0.25) is 4.99 Å². The van der Waals surface area contributed by atoms with Crippen LogP contribution in [0.3, 0.4) is 0 Å². The summed E-state index contributed by atoms with van der Waals surface area (Å²) in [5.74, 6) is 5.26. The van der Waals surface area contributed by atoms with Gasteiger partial charge in [0, 0.05) is 25.7 Å². The number of rotatable bonds is 8. The van der Waals surface area contributed by atoms with Crippen LogP contribution < -0.4 is 24.8 Å². The van der Waals surface area contributed by atoms with Gasteiger partial charge in [0.1, 0.15) is 12.4 Å². The number of aliphatic imine (C=N–C) groups is 1. The molecule has 0 bridgehead atoms. The molecular weight excluding hydrogens is 481 g/mol. The van der Waals surface area contributed by atoms with Gasteiger partial charge in [-0.15, -0.1) is 30.4 Å². The zero-order chi connectivity index (χ0) is 20.4. The van der Waals surface area contributed by atoms with Crippen molar-refractivity contribution in [2.75, 3.05) is 27.9 Å². The molecule has 0 spiro atoms. The van der Waals surface area contributed by atoms with Crippen molar-refractivity contribution in [2.45, 2.75) is 20.0 Å². The SMILES string of the molecule is C#CCOc1cc(CNC(=NC)NCc2ccc(C)cc2OC)ccc1OC.I. The smallest absolute Gasteiger partial charge is 0.191 e. The Morgan fingerprint density at radius 3 is 2.38 bits per heavy atom. The first-order chi connectivity index (χ1) is 13.6. The van der Waals surface area contributed by atoms with Crippen molar-refractivity contribution in [3.8, 4) is 29.6 Å². The van der Waals surface area contributed by atoms with E-state index in [4.69, 9.17) is 20.6 Å². The number of nitrogens with zero attached hydrogens (tertiary/aromatic N) is 1. The first-order valence-corrected chi connectivity index (χ1v) is 8.92. The van der Waals surface area contributed by atoms with Crippen LogP contribution in [0.2, 0.25) is 0 Å². The second-order valence-corrected chi connectivity index (χ2v) is 6.07. The Bertz CT molecular complexity index is 863. The largest absolute Gasteiger partial charge is 0.496 e. The van der Waals surface area contributed by atoms with E-state index in [9.17, 15) is 0 Å². The maximum Gasteiger partial charge on any atom is 0.191 e. The van der Waals surface area contributed by atoms with E-state index in [1.807, 2.05) is 37.3 Å². The van der Waals surface area contributed by atoms with Crippen LogP contribution in [0.15, 0.2) is 41.4 Å². The van der Waals surface area contributed by atoms with Crippen LogP contribution in [0.1, 0.15) is 16.7 Å². The molecule has 2 aromatic rings. The fourth-order valence-corrected chi connectivity index (χ4v) is 2.65. The van der Waals surface area contributed by atoms with Crippen molar-refractivity contribution >= 4 is 29.9 Å². The molecule has 2 N–H and O–H groups in total. The zero-order valence-electron chi connectivity index (χ0n) is 17.2. The predicted octanol–water partition coefficient (Wildman–Crippen LogP) is 3.51. The van der Waals surface area contributed by atoms with Gasteiger partial charge in [-0.1, -0.05) is 24.1 Å². The Morgan fingerprint density at radius 1 is 1.00 bits per heavy atom. The molecule has 29 heavy (non-hydrogen) atoms. The summed E-state index contributed by atoms with van der Waals surface area (Å²) in [5, 5.41) is 6.59. The Balaban J connectivity index is 0.00000420. The molecule has 6 nitrogen and oxygen atoms in total. The molecule has 7 heteroatoms. The van der Waals surface area contributed by atoms with Crippen molar-refractivity contribution < 1.29 is 14.2 Å². The molecule has 0 saturated carbocycles. The number of hydrogen-bond acceptors (Lipinski definition) is 4. The van der Waals surface area contributed by atoms with E-state index in [1.165, 1.54) is 0 Å². The lowest BCUT2D eigenvalue weighted by Crippen LogP contribution is -2.36. The Morgan fingerprint density at radius 2 is 1.72 bits per heavy atom. The highest BCUT2D eigenvalue weighted by atomic mass is 127. The molecule has 0 aliphatic rings. The highest BCUT2D eigenvalue weighted by Crippen LogP contribution is 2.28. The molecule has 0 heterocycles. The fourth-order valence-electron chi connectivity index (χ4n) is 2.65. The lowest BCUT2D eigenvalue weighted by molar-refractivity contribution is 0.330. The van der Waals surface area contributed by atoms with Crippen LogP contribution in [0.25, 0.3) is 0 Å². The summed E-state index contributed by atoms with van der Waals surface area (Å²) in [5.41, 5.74) is 3.24. The molecule has 0 unspecified atom stereocenters. The van der Waals surface area contributed by atoms with Gasteiger partial charge in [-0.25, -0.2) is 0 Å². The van der Waals surface area contributed by atoms with Gasteiger partial charge < -0.3 is 24.8 Å². The molecular formula is C22H28IN3O3. The average molecular weight is 509 g/mol. The van der Waals surface area contributed by atoms with Gasteiger partial charge in [-0.05, 0) is 36.2 Å². The minimum absolute atomic E-state index is 0. The standard InChI is InChI=1S/C22H27N3O3.HI/c1-6-11-28-21-13-17(8-10-19(21)26-4)14-24-22(23-3)25-15-18-9-7-16(2)12-20(18)27-5;/h1,7-10,12-13H,11,14-15H2,2-5H3,(H2,23,24,25);1H. The first kappa shape index (κ1) is 24.4. The second-order valence-electron chi connectivity index (χ2n) is 6.07. The molecule has 0 aliphatic heterocycles. The minimum atomic E-state index is 0. The van der Waals surface area contributed by atoms with Crippen LogP contribution in [0.4, 0.5) is 0 Å². The minimum Gasteiger partial charge on any atom is -0.496 e. The number of hydrogen-bond donors (Lipinski definition) is 2. The van der Waals surface area contributed by atoms with Gasteiger partial charge in [-0.2, -0.15) is 0 Å². The lowest BCUT2D eigenvalue weighted by Gasteiger charge is -2.15. The van der Waals surface area contributed by atoms with Crippen LogP contribution in [-0.2, 0) is 13.1 Å². The van der Waals surface area contributed by atoms with Crippen molar-refractivity contribution in [1.82, 2.24) is 10.6 Å². The number of nitrogens with one attached hydrogen (secondary N) is 2.